The minimum absolute atomic E-state index is 0.226. The van der Waals surface area contributed by atoms with E-state index in [4.69, 9.17) is 11.6 Å². The zero-order chi connectivity index (χ0) is 10.8. The van der Waals surface area contributed by atoms with Gasteiger partial charge < -0.3 is 0 Å². The van der Waals surface area contributed by atoms with E-state index in [1.165, 1.54) is 29.5 Å². The highest BCUT2D eigenvalue weighted by atomic mass is 35.5. The minimum Gasteiger partial charge on any atom is -0.118 e. The van der Waals surface area contributed by atoms with Gasteiger partial charge in [-0.1, -0.05) is 32.0 Å². The van der Waals surface area contributed by atoms with Crippen LogP contribution in [0.25, 0.3) is 0 Å². The van der Waals surface area contributed by atoms with Gasteiger partial charge in [0.15, 0.2) is 0 Å². The fourth-order valence-electron chi connectivity index (χ4n) is 2.38. The van der Waals surface area contributed by atoms with Crippen LogP contribution in [0.15, 0.2) is 18.2 Å². The van der Waals surface area contributed by atoms with Crippen molar-refractivity contribution in [1.82, 2.24) is 0 Å². The average molecular weight is 223 g/mol. The molecule has 0 saturated heterocycles. The molecule has 15 heavy (non-hydrogen) atoms. The second-order valence-corrected chi connectivity index (χ2v) is 5.26. The van der Waals surface area contributed by atoms with Crippen LogP contribution < -0.4 is 0 Å². The number of aryl methyl sites for hydroxylation is 2. The first-order valence-electron chi connectivity index (χ1n) is 5.96. The maximum absolute atomic E-state index is 6.48. The summed E-state index contributed by atoms with van der Waals surface area (Å²) in [7, 11) is 0. The van der Waals surface area contributed by atoms with E-state index in [0.29, 0.717) is 0 Å². The number of hydrogen-bond acceptors (Lipinski definition) is 0. The molecule has 2 rings (SSSR count). The second kappa shape index (κ2) is 4.57. The van der Waals surface area contributed by atoms with Crippen LogP contribution in [0.5, 0.6) is 0 Å². The maximum atomic E-state index is 6.48. The van der Waals surface area contributed by atoms with Gasteiger partial charge in [-0.2, -0.15) is 0 Å². The molecule has 0 amide bonds. The zero-order valence-corrected chi connectivity index (χ0v) is 10.3. The Morgan fingerprint density at radius 1 is 1.40 bits per heavy atom. The smallest absolute Gasteiger partial charge is 0.0590 e. The summed E-state index contributed by atoms with van der Waals surface area (Å²) in [5.41, 5.74) is 4.27. The van der Waals surface area contributed by atoms with Crippen molar-refractivity contribution in [2.45, 2.75) is 44.9 Å². The Morgan fingerprint density at radius 3 is 2.93 bits per heavy atom. The average Bonchev–Trinajstić information content (AvgIpc) is 2.38. The SMILES string of the molecule is CCc1ccc2c(c1)C(Cl)CC(C)CC2. The Bertz CT molecular complexity index is 343. The van der Waals surface area contributed by atoms with Gasteiger partial charge in [-0.15, -0.1) is 11.6 Å². The molecular formula is C14H19Cl. The van der Waals surface area contributed by atoms with Crippen LogP contribution in [0.4, 0.5) is 0 Å². The number of fused-ring (bicyclic) bond motifs is 1. The van der Waals surface area contributed by atoms with E-state index in [0.717, 1.165) is 18.8 Å². The molecule has 0 radical (unpaired) electrons. The van der Waals surface area contributed by atoms with Crippen molar-refractivity contribution in [3.05, 3.63) is 34.9 Å². The number of halogens is 1. The van der Waals surface area contributed by atoms with Crippen LogP contribution >= 0.6 is 11.6 Å². The van der Waals surface area contributed by atoms with Gasteiger partial charge >= 0.3 is 0 Å². The normalized spacial score (nSPS) is 25.8. The van der Waals surface area contributed by atoms with Crippen LogP contribution in [-0.2, 0) is 12.8 Å². The van der Waals surface area contributed by atoms with Crippen molar-refractivity contribution in [1.29, 1.82) is 0 Å². The Hall–Kier alpha value is -0.490. The van der Waals surface area contributed by atoms with Gasteiger partial charge in [0, 0.05) is 0 Å². The van der Waals surface area contributed by atoms with Crippen molar-refractivity contribution in [3.63, 3.8) is 0 Å². The molecule has 0 spiro atoms. The monoisotopic (exact) mass is 222 g/mol. The van der Waals surface area contributed by atoms with Crippen molar-refractivity contribution in [2.75, 3.05) is 0 Å². The lowest BCUT2D eigenvalue weighted by Gasteiger charge is -2.13. The Labute approximate surface area is 97.6 Å². The van der Waals surface area contributed by atoms with E-state index < -0.39 is 0 Å². The summed E-state index contributed by atoms with van der Waals surface area (Å²) < 4.78 is 0. The largest absolute Gasteiger partial charge is 0.118 e. The number of hydrogen-bond donors (Lipinski definition) is 0. The molecule has 1 aliphatic carbocycles. The molecule has 2 unspecified atom stereocenters. The third kappa shape index (κ3) is 2.36. The zero-order valence-electron chi connectivity index (χ0n) is 9.59. The van der Waals surface area contributed by atoms with Crippen molar-refractivity contribution in [2.24, 2.45) is 5.92 Å². The van der Waals surface area contributed by atoms with Gasteiger partial charge in [0.25, 0.3) is 0 Å². The summed E-state index contributed by atoms with van der Waals surface area (Å²) in [6.07, 6.45) is 4.71. The molecule has 0 heterocycles. The standard InChI is InChI=1S/C14H19Cl/c1-3-11-5-7-12-6-4-10(2)8-14(15)13(12)9-11/h5,7,9-10,14H,3-4,6,8H2,1-2H3. The first-order valence-corrected chi connectivity index (χ1v) is 6.40. The molecule has 0 nitrogen and oxygen atoms in total. The van der Waals surface area contributed by atoms with Gasteiger partial charge in [0.05, 0.1) is 5.38 Å². The minimum atomic E-state index is 0.226. The highest BCUT2D eigenvalue weighted by Crippen LogP contribution is 2.36. The third-order valence-corrected chi connectivity index (χ3v) is 3.89. The molecule has 0 aromatic heterocycles. The summed E-state index contributed by atoms with van der Waals surface area (Å²) in [5.74, 6) is 0.755. The quantitative estimate of drug-likeness (QED) is 0.485. The number of alkyl halides is 1. The summed E-state index contributed by atoms with van der Waals surface area (Å²) in [4.78, 5) is 0. The first-order chi connectivity index (χ1) is 7.20. The molecule has 0 saturated carbocycles. The fourth-order valence-corrected chi connectivity index (χ4v) is 2.89. The maximum Gasteiger partial charge on any atom is 0.0590 e. The highest BCUT2D eigenvalue weighted by Gasteiger charge is 2.20. The van der Waals surface area contributed by atoms with Crippen LogP contribution in [0, 0.1) is 5.92 Å². The topological polar surface area (TPSA) is 0 Å². The third-order valence-electron chi connectivity index (χ3n) is 3.47. The van der Waals surface area contributed by atoms with Crippen LogP contribution in [0.2, 0.25) is 0 Å². The summed E-state index contributed by atoms with van der Waals surface area (Å²) in [6.45, 7) is 4.51. The molecule has 0 aliphatic heterocycles. The summed E-state index contributed by atoms with van der Waals surface area (Å²) in [5, 5.41) is 0.226. The Morgan fingerprint density at radius 2 is 2.20 bits per heavy atom. The Kier molecular flexibility index (Phi) is 3.35. The molecule has 82 valence electrons. The Balaban J connectivity index is 2.36. The van der Waals surface area contributed by atoms with E-state index in [2.05, 4.69) is 32.0 Å². The lowest BCUT2D eigenvalue weighted by molar-refractivity contribution is 0.503. The molecule has 1 aliphatic rings. The van der Waals surface area contributed by atoms with Crippen molar-refractivity contribution < 1.29 is 0 Å². The van der Waals surface area contributed by atoms with Crippen LogP contribution in [0.1, 0.15) is 48.8 Å². The predicted molar refractivity (Wildman–Crippen MR) is 66.5 cm³/mol. The molecule has 1 aromatic rings. The van der Waals surface area contributed by atoms with E-state index in [1.54, 1.807) is 0 Å². The summed E-state index contributed by atoms with van der Waals surface area (Å²) >= 11 is 6.48. The number of rotatable bonds is 1. The molecule has 0 N–H and O–H groups in total. The van der Waals surface area contributed by atoms with E-state index in [-0.39, 0.29) is 5.38 Å². The highest BCUT2D eigenvalue weighted by molar-refractivity contribution is 6.20. The fraction of sp³-hybridized carbons (Fsp3) is 0.571. The first kappa shape index (κ1) is 11.0. The molecule has 0 bridgehead atoms. The van der Waals surface area contributed by atoms with E-state index >= 15 is 0 Å². The predicted octanol–water partition coefficient (Wildman–Crippen LogP) is 4.50. The van der Waals surface area contributed by atoms with Crippen molar-refractivity contribution in [3.8, 4) is 0 Å². The molecular weight excluding hydrogens is 204 g/mol. The van der Waals surface area contributed by atoms with E-state index in [1.807, 2.05) is 0 Å². The van der Waals surface area contributed by atoms with Gasteiger partial charge in [-0.25, -0.2) is 0 Å². The van der Waals surface area contributed by atoms with Gasteiger partial charge in [0.1, 0.15) is 0 Å². The lowest BCUT2D eigenvalue weighted by Crippen LogP contribution is -1.97. The van der Waals surface area contributed by atoms with Crippen molar-refractivity contribution >= 4 is 11.6 Å². The molecule has 1 aromatic carbocycles. The van der Waals surface area contributed by atoms with Crippen LogP contribution in [-0.4, -0.2) is 0 Å². The van der Waals surface area contributed by atoms with Gasteiger partial charge in [-0.3, -0.25) is 0 Å². The van der Waals surface area contributed by atoms with E-state index in [9.17, 15) is 0 Å². The summed E-state index contributed by atoms with van der Waals surface area (Å²) in [6, 6.07) is 6.84. The van der Waals surface area contributed by atoms with Gasteiger partial charge in [0.2, 0.25) is 0 Å². The van der Waals surface area contributed by atoms with Gasteiger partial charge in [-0.05, 0) is 48.3 Å². The lowest BCUT2D eigenvalue weighted by atomic mass is 9.99. The second-order valence-electron chi connectivity index (χ2n) is 4.73. The molecule has 2 atom stereocenters. The van der Waals surface area contributed by atoms with Crippen LogP contribution in [0.3, 0.4) is 0 Å². The number of benzene rings is 1. The molecule has 0 fully saturated rings. The molecule has 1 heteroatoms.